The number of ether oxygens (including phenoxy) is 1. The molecule has 2 fully saturated rings. The molecule has 3 heteroatoms. The van der Waals surface area contributed by atoms with Crippen molar-refractivity contribution in [1.29, 1.82) is 0 Å². The summed E-state index contributed by atoms with van der Waals surface area (Å²) in [6, 6.07) is 0. The lowest BCUT2D eigenvalue weighted by Crippen LogP contribution is -2.47. The Labute approximate surface area is 262 Å². The van der Waals surface area contributed by atoms with E-state index in [2.05, 4.69) is 142 Å². The monoisotopic (exact) mass is 586 g/mol. The van der Waals surface area contributed by atoms with E-state index >= 15 is 0 Å². The molecule has 3 aliphatic rings. The van der Waals surface area contributed by atoms with Crippen molar-refractivity contribution in [3.63, 3.8) is 0 Å². The number of aliphatic hydroxyl groups excluding tert-OH is 2. The summed E-state index contributed by atoms with van der Waals surface area (Å²) in [6.07, 6.45) is 30.4. The van der Waals surface area contributed by atoms with Crippen molar-refractivity contribution in [3.8, 4) is 0 Å². The van der Waals surface area contributed by atoms with Crippen molar-refractivity contribution in [2.24, 2.45) is 10.8 Å². The van der Waals surface area contributed by atoms with E-state index in [9.17, 15) is 10.2 Å². The second kappa shape index (κ2) is 14.1. The van der Waals surface area contributed by atoms with Gasteiger partial charge in [0.25, 0.3) is 0 Å². The molecule has 1 aliphatic heterocycles. The molecule has 2 aliphatic carbocycles. The van der Waals surface area contributed by atoms with Crippen molar-refractivity contribution in [3.05, 3.63) is 106 Å². The Kier molecular flexibility index (Phi) is 11.5. The van der Waals surface area contributed by atoms with Crippen LogP contribution in [0.3, 0.4) is 0 Å². The number of hydrogen-bond acceptors (Lipinski definition) is 3. The Morgan fingerprint density at radius 2 is 1.30 bits per heavy atom. The van der Waals surface area contributed by atoms with Gasteiger partial charge in [-0.25, -0.2) is 0 Å². The largest absolute Gasteiger partial charge is 0.393 e. The highest BCUT2D eigenvalue weighted by molar-refractivity contribution is 5.38. The Morgan fingerprint density at radius 1 is 0.744 bits per heavy atom. The lowest BCUT2D eigenvalue weighted by Gasteiger charge is -2.40. The van der Waals surface area contributed by atoms with Crippen LogP contribution < -0.4 is 0 Å². The lowest BCUT2D eigenvalue weighted by molar-refractivity contribution is 0.0318. The van der Waals surface area contributed by atoms with Gasteiger partial charge < -0.3 is 14.9 Å². The van der Waals surface area contributed by atoms with Gasteiger partial charge in [0, 0.05) is 6.42 Å². The molecule has 0 aromatic rings. The van der Waals surface area contributed by atoms with Crippen molar-refractivity contribution in [2.45, 2.75) is 131 Å². The van der Waals surface area contributed by atoms with Crippen LogP contribution in [-0.2, 0) is 4.74 Å². The minimum atomic E-state index is -0.256. The van der Waals surface area contributed by atoms with E-state index in [1.165, 1.54) is 33.4 Å². The Morgan fingerprint density at radius 3 is 1.88 bits per heavy atom. The van der Waals surface area contributed by atoms with Crippen LogP contribution >= 0.6 is 0 Å². The standard InChI is InChI=1S/C40H58O3/c1-29(17-13-19-31(3)21-22-36-33(5)25-34(41)26-37(36,6)7)15-11-12-16-30(2)18-14-20-32(4)23-24-40-38(8,9)27-35(42)28-39(40,10)43-40/h11-22,34-35,41-42H,23-28H2,1-10H3/b12-11+,17-13+,18-14+,22-21+,29-15+,30-16+,31-19+,32-20+/t34-,35+,39-,40+/m1/s1. The summed E-state index contributed by atoms with van der Waals surface area (Å²) in [7, 11) is 0. The van der Waals surface area contributed by atoms with Crippen LogP contribution in [0.5, 0.6) is 0 Å². The number of epoxide rings is 1. The molecule has 0 bridgehead atoms. The Balaban J connectivity index is 1.46. The molecule has 0 aromatic heterocycles. The first-order chi connectivity index (χ1) is 20.0. The third kappa shape index (κ3) is 9.03. The molecule has 1 saturated carbocycles. The van der Waals surface area contributed by atoms with Gasteiger partial charge in [-0.3, -0.25) is 0 Å². The van der Waals surface area contributed by atoms with Crippen molar-refractivity contribution in [2.75, 3.05) is 0 Å². The highest BCUT2D eigenvalue weighted by Crippen LogP contribution is 2.67. The second-order valence-electron chi connectivity index (χ2n) is 14.9. The lowest BCUT2D eigenvalue weighted by atomic mass is 9.61. The molecule has 4 atom stereocenters. The second-order valence-corrected chi connectivity index (χ2v) is 14.9. The number of hydrogen-bond donors (Lipinski definition) is 2. The first-order valence-corrected chi connectivity index (χ1v) is 16.2. The molecule has 0 unspecified atom stereocenters. The van der Waals surface area contributed by atoms with E-state index in [-0.39, 0.29) is 34.2 Å². The topological polar surface area (TPSA) is 53.0 Å². The SMILES string of the molecule is CC1=C(/C=C/C(C)=C/C=C/C(C)=C/C=C/C=C(C)/C=C/C=C(\C)CC[C@@]23O[C@]2(C)C[C@@H](O)CC3(C)C)C(C)(C)C[C@H](O)C1. The van der Waals surface area contributed by atoms with Crippen molar-refractivity contribution in [1.82, 2.24) is 0 Å². The maximum Gasteiger partial charge on any atom is 0.103 e. The third-order valence-corrected chi connectivity index (χ3v) is 9.82. The van der Waals surface area contributed by atoms with Gasteiger partial charge in [0.05, 0.1) is 17.8 Å². The van der Waals surface area contributed by atoms with Gasteiger partial charge in [-0.1, -0.05) is 128 Å². The minimum absolute atomic E-state index is 0.00526. The predicted octanol–water partition coefficient (Wildman–Crippen LogP) is 9.98. The van der Waals surface area contributed by atoms with Crippen LogP contribution in [0.4, 0.5) is 0 Å². The number of allylic oxidation sites excluding steroid dienone is 17. The van der Waals surface area contributed by atoms with Gasteiger partial charge in [-0.2, -0.15) is 0 Å². The van der Waals surface area contributed by atoms with E-state index in [0.29, 0.717) is 0 Å². The van der Waals surface area contributed by atoms with Crippen molar-refractivity contribution < 1.29 is 14.9 Å². The molecule has 3 nitrogen and oxygen atoms in total. The first-order valence-electron chi connectivity index (χ1n) is 16.2. The maximum absolute atomic E-state index is 10.3. The first kappa shape index (κ1) is 35.0. The predicted molar refractivity (Wildman–Crippen MR) is 184 cm³/mol. The molecular weight excluding hydrogens is 528 g/mol. The van der Waals surface area contributed by atoms with E-state index in [1.807, 2.05) is 0 Å². The normalized spacial score (nSPS) is 32.1. The Hall–Kier alpha value is -2.46. The molecule has 1 saturated heterocycles. The summed E-state index contributed by atoms with van der Waals surface area (Å²) in [6.45, 7) is 21.8. The molecule has 2 N–H and O–H groups in total. The van der Waals surface area contributed by atoms with E-state index in [4.69, 9.17) is 4.74 Å². The molecule has 236 valence electrons. The molecule has 3 rings (SSSR count). The summed E-state index contributed by atoms with van der Waals surface area (Å²) < 4.78 is 6.33. The molecular formula is C40H58O3. The fourth-order valence-electron chi connectivity index (χ4n) is 7.50. The summed E-state index contributed by atoms with van der Waals surface area (Å²) in [4.78, 5) is 0. The summed E-state index contributed by atoms with van der Waals surface area (Å²) >= 11 is 0. The van der Waals surface area contributed by atoms with Crippen LogP contribution in [0.2, 0.25) is 0 Å². The molecule has 1 heterocycles. The van der Waals surface area contributed by atoms with Gasteiger partial charge >= 0.3 is 0 Å². The fraction of sp³-hybridized carbons (Fsp3) is 0.550. The smallest absolute Gasteiger partial charge is 0.103 e. The van der Waals surface area contributed by atoms with Crippen LogP contribution in [0.15, 0.2) is 106 Å². The number of aliphatic hydroxyl groups is 2. The molecule has 0 aromatic carbocycles. The zero-order valence-electron chi connectivity index (χ0n) is 28.6. The minimum Gasteiger partial charge on any atom is -0.393 e. The number of rotatable bonds is 11. The van der Waals surface area contributed by atoms with Gasteiger partial charge in [0.2, 0.25) is 0 Å². The van der Waals surface area contributed by atoms with Crippen LogP contribution in [-0.4, -0.2) is 33.6 Å². The molecule has 0 spiro atoms. The van der Waals surface area contributed by atoms with E-state index in [1.54, 1.807) is 0 Å². The molecule has 0 amide bonds. The average molecular weight is 587 g/mol. The Bertz CT molecular complexity index is 1290. The van der Waals surface area contributed by atoms with Crippen LogP contribution in [0.1, 0.15) is 108 Å². The van der Waals surface area contributed by atoms with Gasteiger partial charge in [-0.05, 0) is 90.0 Å². The van der Waals surface area contributed by atoms with E-state index in [0.717, 1.165) is 38.5 Å². The zero-order chi connectivity index (χ0) is 32.1. The van der Waals surface area contributed by atoms with Crippen molar-refractivity contribution >= 4 is 0 Å². The average Bonchev–Trinajstić information content (AvgIpc) is 3.49. The summed E-state index contributed by atoms with van der Waals surface area (Å²) in [5.41, 5.74) is 7.29. The third-order valence-electron chi connectivity index (χ3n) is 9.82. The van der Waals surface area contributed by atoms with Crippen LogP contribution in [0, 0.1) is 10.8 Å². The number of fused-ring (bicyclic) bond motifs is 1. The quantitative estimate of drug-likeness (QED) is 0.187. The summed E-state index contributed by atoms with van der Waals surface area (Å²) in [5, 5.41) is 20.4. The summed E-state index contributed by atoms with van der Waals surface area (Å²) in [5.74, 6) is 0. The highest BCUT2D eigenvalue weighted by atomic mass is 16.6. The molecule has 0 radical (unpaired) electrons. The van der Waals surface area contributed by atoms with Gasteiger partial charge in [-0.15, -0.1) is 0 Å². The van der Waals surface area contributed by atoms with Gasteiger partial charge in [0.1, 0.15) is 5.60 Å². The van der Waals surface area contributed by atoms with E-state index < -0.39 is 0 Å². The highest BCUT2D eigenvalue weighted by Gasteiger charge is 2.75. The fourth-order valence-corrected chi connectivity index (χ4v) is 7.50. The van der Waals surface area contributed by atoms with Gasteiger partial charge in [0.15, 0.2) is 0 Å². The zero-order valence-corrected chi connectivity index (χ0v) is 28.6. The molecule has 43 heavy (non-hydrogen) atoms. The maximum atomic E-state index is 10.3. The van der Waals surface area contributed by atoms with Crippen LogP contribution in [0.25, 0.3) is 0 Å².